The van der Waals surface area contributed by atoms with Crippen LogP contribution in [0, 0.1) is 5.82 Å². The van der Waals surface area contributed by atoms with Gasteiger partial charge in [-0.1, -0.05) is 26.2 Å². The van der Waals surface area contributed by atoms with E-state index in [4.69, 9.17) is 5.73 Å². The number of nitrogens with one attached hydrogen (secondary N) is 2. The van der Waals surface area contributed by atoms with Gasteiger partial charge in [0.05, 0.1) is 5.69 Å². The number of aromatic nitrogens is 3. The summed E-state index contributed by atoms with van der Waals surface area (Å²) in [6.07, 6.45) is 6.13. The van der Waals surface area contributed by atoms with E-state index in [-0.39, 0.29) is 5.69 Å². The van der Waals surface area contributed by atoms with Crippen molar-refractivity contribution in [3.8, 4) is 11.4 Å². The summed E-state index contributed by atoms with van der Waals surface area (Å²) in [4.78, 5) is 23.8. The maximum atomic E-state index is 14.4. The average Bonchev–Trinajstić information content (AvgIpc) is 2.94. The topological polar surface area (TPSA) is 115 Å². The number of nitrogens with zero attached hydrogens (tertiary/aromatic N) is 3. The maximum Gasteiger partial charge on any atom is 0.312 e. The minimum atomic E-state index is -0.820. The van der Waals surface area contributed by atoms with Crippen LogP contribution in [0.25, 0.3) is 11.4 Å². The van der Waals surface area contributed by atoms with E-state index in [2.05, 4.69) is 25.4 Å². The van der Waals surface area contributed by atoms with Crippen LogP contribution in [0.4, 0.5) is 14.9 Å². The van der Waals surface area contributed by atoms with Crippen LogP contribution in [0.5, 0.6) is 0 Å². The zero-order chi connectivity index (χ0) is 20.8. The van der Waals surface area contributed by atoms with Crippen LogP contribution >= 0.6 is 0 Å². The molecule has 1 aliphatic rings. The first-order valence-corrected chi connectivity index (χ1v) is 10.1. The molecule has 0 fully saturated rings. The third kappa shape index (κ3) is 5.10. The molecular weight excluding hydrogens is 375 g/mol. The minimum absolute atomic E-state index is 0.0336. The van der Waals surface area contributed by atoms with E-state index in [0.717, 1.165) is 50.9 Å². The number of unbranched alkanes of at least 4 members (excludes halogenated alkanes) is 1. The van der Waals surface area contributed by atoms with Gasteiger partial charge in [-0.15, -0.1) is 10.2 Å². The Kier molecular flexibility index (Phi) is 6.79. The first-order valence-electron chi connectivity index (χ1n) is 10.1. The van der Waals surface area contributed by atoms with Gasteiger partial charge >= 0.3 is 6.03 Å². The molecule has 8 nitrogen and oxygen atoms in total. The van der Waals surface area contributed by atoms with Crippen LogP contribution in [-0.2, 0) is 17.8 Å². The molecule has 4 N–H and O–H groups in total. The largest absolute Gasteiger partial charge is 0.352 e. The molecule has 0 saturated carbocycles. The lowest BCUT2D eigenvalue weighted by Gasteiger charge is -2.17. The zero-order valence-corrected chi connectivity index (χ0v) is 16.6. The van der Waals surface area contributed by atoms with Gasteiger partial charge in [-0.2, -0.15) is 0 Å². The van der Waals surface area contributed by atoms with E-state index in [9.17, 15) is 14.0 Å². The van der Waals surface area contributed by atoms with Crippen molar-refractivity contribution in [3.63, 3.8) is 0 Å². The van der Waals surface area contributed by atoms with Crippen molar-refractivity contribution in [2.24, 2.45) is 5.73 Å². The molecule has 3 amide bonds. The maximum absolute atomic E-state index is 14.4. The quantitative estimate of drug-likeness (QED) is 0.660. The number of nitrogens with two attached hydrogens (primary N) is 1. The first kappa shape index (κ1) is 20.8. The summed E-state index contributed by atoms with van der Waals surface area (Å²) in [5.41, 5.74) is 5.88. The van der Waals surface area contributed by atoms with Crippen LogP contribution in [0.15, 0.2) is 18.2 Å². The predicted octanol–water partition coefficient (Wildman–Crippen LogP) is 2.98. The van der Waals surface area contributed by atoms with Crippen molar-refractivity contribution in [2.75, 3.05) is 5.32 Å². The van der Waals surface area contributed by atoms with Crippen molar-refractivity contribution in [2.45, 2.75) is 64.5 Å². The smallest absolute Gasteiger partial charge is 0.312 e. The van der Waals surface area contributed by atoms with Crippen molar-refractivity contribution in [1.29, 1.82) is 0 Å². The number of benzene rings is 1. The lowest BCUT2D eigenvalue weighted by atomic mass is 10.1. The minimum Gasteiger partial charge on any atom is -0.352 e. The lowest BCUT2D eigenvalue weighted by Crippen LogP contribution is -2.46. The SMILES string of the molecule is CCCCC(NC(N)=O)C(=O)Nc1cc(-c2nnc3n2CCCCC3)ccc1F. The van der Waals surface area contributed by atoms with Crippen LogP contribution in [0.2, 0.25) is 0 Å². The van der Waals surface area contributed by atoms with Crippen molar-refractivity contribution in [3.05, 3.63) is 29.8 Å². The third-order valence-electron chi connectivity index (χ3n) is 5.07. The fourth-order valence-electron chi connectivity index (χ4n) is 3.53. The molecule has 156 valence electrons. The lowest BCUT2D eigenvalue weighted by molar-refractivity contribution is -0.118. The van der Waals surface area contributed by atoms with Crippen LogP contribution < -0.4 is 16.4 Å². The number of amides is 3. The van der Waals surface area contributed by atoms with Gasteiger partial charge < -0.3 is 20.9 Å². The van der Waals surface area contributed by atoms with E-state index < -0.39 is 23.8 Å². The number of aryl methyl sites for hydroxylation is 1. The van der Waals surface area contributed by atoms with Gasteiger partial charge in [0.2, 0.25) is 5.91 Å². The molecule has 0 spiro atoms. The standard InChI is InChI=1S/C20H27FN6O2/c1-2-3-7-15(24-20(22)29)19(28)23-16-12-13(9-10-14(16)21)18-26-25-17-8-5-4-6-11-27(17)18/h9-10,12,15H,2-8,11H2,1H3,(H,23,28)(H3,22,24,29). The van der Waals surface area contributed by atoms with E-state index in [1.807, 2.05) is 6.92 Å². The number of halogens is 1. The molecule has 1 unspecified atom stereocenters. The Morgan fingerprint density at radius 3 is 2.86 bits per heavy atom. The highest BCUT2D eigenvalue weighted by Crippen LogP contribution is 2.26. The summed E-state index contributed by atoms with van der Waals surface area (Å²) >= 11 is 0. The number of primary amides is 1. The summed E-state index contributed by atoms with van der Waals surface area (Å²) in [6.45, 7) is 2.79. The Morgan fingerprint density at radius 2 is 2.10 bits per heavy atom. The highest BCUT2D eigenvalue weighted by atomic mass is 19.1. The highest BCUT2D eigenvalue weighted by molar-refractivity contribution is 5.97. The summed E-state index contributed by atoms with van der Waals surface area (Å²) in [6, 6.07) is 2.87. The summed E-state index contributed by atoms with van der Waals surface area (Å²) < 4.78 is 16.4. The fourth-order valence-corrected chi connectivity index (χ4v) is 3.53. The van der Waals surface area contributed by atoms with Gasteiger partial charge in [-0.25, -0.2) is 9.18 Å². The second kappa shape index (κ2) is 9.49. The Labute approximate surface area is 169 Å². The molecule has 1 atom stereocenters. The van der Waals surface area contributed by atoms with Gasteiger partial charge in [0.15, 0.2) is 5.82 Å². The molecule has 0 aliphatic carbocycles. The molecule has 0 bridgehead atoms. The van der Waals surface area contributed by atoms with E-state index in [1.54, 1.807) is 12.1 Å². The third-order valence-corrected chi connectivity index (χ3v) is 5.07. The summed E-state index contributed by atoms with van der Waals surface area (Å²) in [5.74, 6) is 0.521. The number of carbonyl (C=O) groups is 2. The normalized spacial score (nSPS) is 14.6. The Morgan fingerprint density at radius 1 is 1.28 bits per heavy atom. The molecule has 9 heteroatoms. The molecule has 1 aromatic heterocycles. The molecule has 2 heterocycles. The van der Waals surface area contributed by atoms with Gasteiger partial charge in [0, 0.05) is 18.5 Å². The first-order chi connectivity index (χ1) is 14.0. The molecule has 2 aromatic rings. The number of fused-ring (bicyclic) bond motifs is 1. The number of rotatable bonds is 7. The van der Waals surface area contributed by atoms with Gasteiger partial charge in [-0.3, -0.25) is 4.79 Å². The highest BCUT2D eigenvalue weighted by Gasteiger charge is 2.22. The number of hydrogen-bond acceptors (Lipinski definition) is 4. The van der Waals surface area contributed by atoms with Gasteiger partial charge in [0.25, 0.3) is 0 Å². The average molecular weight is 402 g/mol. The second-order valence-electron chi connectivity index (χ2n) is 7.29. The van der Waals surface area contributed by atoms with Gasteiger partial charge in [0.1, 0.15) is 17.7 Å². The molecular formula is C20H27FN6O2. The molecule has 3 rings (SSSR count). The summed E-state index contributed by atoms with van der Waals surface area (Å²) in [7, 11) is 0. The number of hydrogen-bond donors (Lipinski definition) is 3. The molecule has 1 aliphatic heterocycles. The van der Waals surface area contributed by atoms with Gasteiger partial charge in [-0.05, 0) is 37.5 Å². The summed E-state index contributed by atoms with van der Waals surface area (Å²) in [5, 5.41) is 13.5. The molecule has 0 radical (unpaired) electrons. The number of anilines is 1. The monoisotopic (exact) mass is 402 g/mol. The Balaban J connectivity index is 1.83. The molecule has 1 aromatic carbocycles. The van der Waals surface area contributed by atoms with Crippen LogP contribution in [0.3, 0.4) is 0 Å². The van der Waals surface area contributed by atoms with Crippen molar-refractivity contribution in [1.82, 2.24) is 20.1 Å². The number of urea groups is 1. The fraction of sp³-hybridized carbons (Fsp3) is 0.500. The number of carbonyl (C=O) groups excluding carboxylic acids is 2. The van der Waals surface area contributed by atoms with Crippen LogP contribution in [0.1, 0.15) is 51.3 Å². The van der Waals surface area contributed by atoms with Crippen molar-refractivity contribution >= 4 is 17.6 Å². The van der Waals surface area contributed by atoms with Crippen LogP contribution in [-0.4, -0.2) is 32.7 Å². The Hall–Kier alpha value is -2.97. The molecule has 0 saturated heterocycles. The van der Waals surface area contributed by atoms with E-state index >= 15 is 0 Å². The molecule has 29 heavy (non-hydrogen) atoms. The zero-order valence-electron chi connectivity index (χ0n) is 16.6. The second-order valence-corrected chi connectivity index (χ2v) is 7.29. The van der Waals surface area contributed by atoms with Crippen molar-refractivity contribution < 1.29 is 14.0 Å². The van der Waals surface area contributed by atoms with E-state index in [1.165, 1.54) is 6.07 Å². The predicted molar refractivity (Wildman–Crippen MR) is 108 cm³/mol. The Bertz CT molecular complexity index is 882. The van der Waals surface area contributed by atoms with E-state index in [0.29, 0.717) is 17.8 Å².